The minimum absolute atomic E-state index is 0.170. The lowest BCUT2D eigenvalue weighted by molar-refractivity contribution is 0.111. The first-order chi connectivity index (χ1) is 10.3. The highest BCUT2D eigenvalue weighted by atomic mass is 16.1. The summed E-state index contributed by atoms with van der Waals surface area (Å²) in [5, 5.41) is 4.20. The van der Waals surface area contributed by atoms with Crippen molar-refractivity contribution in [3.8, 4) is 5.82 Å². The van der Waals surface area contributed by atoms with E-state index in [1.54, 1.807) is 10.9 Å². The third-order valence-electron chi connectivity index (χ3n) is 3.11. The van der Waals surface area contributed by atoms with E-state index < -0.39 is 0 Å². The molecule has 0 unspecified atom stereocenters. The van der Waals surface area contributed by atoms with Gasteiger partial charge in [-0.25, -0.2) is 9.97 Å². The van der Waals surface area contributed by atoms with E-state index in [0.717, 1.165) is 11.1 Å². The fraction of sp³-hybridized carbons (Fsp3) is 0.125. The molecule has 2 aromatic heterocycles. The van der Waals surface area contributed by atoms with Crippen molar-refractivity contribution < 1.29 is 4.79 Å². The van der Waals surface area contributed by atoms with E-state index >= 15 is 0 Å². The fourth-order valence-electron chi connectivity index (χ4n) is 2.07. The molecule has 0 fully saturated rings. The lowest BCUT2D eigenvalue weighted by Crippen LogP contribution is -2.06. The monoisotopic (exact) mass is 278 g/mol. The molecular formula is C16H14N4O. The van der Waals surface area contributed by atoms with Crippen molar-refractivity contribution in [2.45, 2.75) is 13.3 Å². The van der Waals surface area contributed by atoms with E-state index in [1.165, 1.54) is 0 Å². The van der Waals surface area contributed by atoms with Gasteiger partial charge in [-0.15, -0.1) is 5.10 Å². The highest BCUT2D eigenvalue weighted by Crippen LogP contribution is 2.12. The number of aryl methyl sites for hydroxylation is 1. The van der Waals surface area contributed by atoms with Gasteiger partial charge in [0.25, 0.3) is 0 Å². The molecule has 0 saturated heterocycles. The summed E-state index contributed by atoms with van der Waals surface area (Å²) < 4.78 is 1.62. The van der Waals surface area contributed by atoms with Gasteiger partial charge in [0.05, 0.1) is 0 Å². The highest BCUT2D eigenvalue weighted by Gasteiger charge is 2.12. The Labute approximate surface area is 122 Å². The van der Waals surface area contributed by atoms with Gasteiger partial charge in [0.15, 0.2) is 12.1 Å². The van der Waals surface area contributed by atoms with E-state index in [2.05, 4.69) is 15.1 Å². The zero-order chi connectivity index (χ0) is 14.7. The third-order valence-corrected chi connectivity index (χ3v) is 3.11. The molecule has 0 amide bonds. The SMILES string of the molecule is Cc1ccc(-n2nc(C=O)nc2Cc2ccccc2)nc1. The van der Waals surface area contributed by atoms with Gasteiger partial charge in [-0.1, -0.05) is 36.4 Å². The molecule has 1 aromatic carbocycles. The smallest absolute Gasteiger partial charge is 0.214 e. The molecule has 0 radical (unpaired) electrons. The van der Waals surface area contributed by atoms with Crippen molar-refractivity contribution in [3.63, 3.8) is 0 Å². The van der Waals surface area contributed by atoms with Crippen LogP contribution in [-0.2, 0) is 6.42 Å². The van der Waals surface area contributed by atoms with Crippen LogP contribution >= 0.6 is 0 Å². The van der Waals surface area contributed by atoms with Crippen LogP contribution < -0.4 is 0 Å². The molecule has 0 aliphatic heterocycles. The molecule has 0 aliphatic carbocycles. The number of hydrogen-bond acceptors (Lipinski definition) is 4. The maximum Gasteiger partial charge on any atom is 0.214 e. The first kappa shape index (κ1) is 13.2. The van der Waals surface area contributed by atoms with E-state index in [-0.39, 0.29) is 5.82 Å². The first-order valence-corrected chi connectivity index (χ1v) is 6.64. The van der Waals surface area contributed by atoms with Crippen molar-refractivity contribution in [1.82, 2.24) is 19.7 Å². The van der Waals surface area contributed by atoms with E-state index in [9.17, 15) is 4.79 Å². The molecule has 0 atom stereocenters. The summed E-state index contributed by atoms with van der Waals surface area (Å²) in [6.07, 6.45) is 3.01. The maximum absolute atomic E-state index is 11.0. The van der Waals surface area contributed by atoms with Crippen molar-refractivity contribution in [1.29, 1.82) is 0 Å². The van der Waals surface area contributed by atoms with Crippen LogP contribution in [0.5, 0.6) is 0 Å². The number of pyridine rings is 1. The summed E-state index contributed by atoms with van der Waals surface area (Å²) in [4.78, 5) is 19.6. The van der Waals surface area contributed by atoms with Crippen molar-refractivity contribution >= 4 is 6.29 Å². The van der Waals surface area contributed by atoms with Crippen LogP contribution in [0.2, 0.25) is 0 Å². The first-order valence-electron chi connectivity index (χ1n) is 6.64. The largest absolute Gasteiger partial charge is 0.294 e. The normalized spacial score (nSPS) is 10.5. The van der Waals surface area contributed by atoms with Crippen molar-refractivity contribution in [2.75, 3.05) is 0 Å². The van der Waals surface area contributed by atoms with E-state index in [4.69, 9.17) is 0 Å². The number of nitrogens with zero attached hydrogens (tertiary/aromatic N) is 4. The van der Waals surface area contributed by atoms with Gasteiger partial charge in [0.2, 0.25) is 5.82 Å². The molecule has 3 aromatic rings. The number of benzene rings is 1. The summed E-state index contributed by atoms with van der Waals surface area (Å²) in [5.41, 5.74) is 2.18. The number of carbonyl (C=O) groups is 1. The predicted octanol–water partition coefficient (Wildman–Crippen LogP) is 2.37. The molecule has 0 N–H and O–H groups in total. The molecule has 0 spiro atoms. The summed E-state index contributed by atoms with van der Waals surface area (Å²) in [6.45, 7) is 1.97. The quantitative estimate of drug-likeness (QED) is 0.687. The van der Waals surface area contributed by atoms with Crippen LogP contribution in [0.25, 0.3) is 5.82 Å². The second-order valence-corrected chi connectivity index (χ2v) is 4.77. The number of rotatable bonds is 4. The van der Waals surface area contributed by atoms with Crippen molar-refractivity contribution in [2.24, 2.45) is 0 Å². The minimum Gasteiger partial charge on any atom is -0.294 e. The van der Waals surface area contributed by atoms with Gasteiger partial charge in [0, 0.05) is 12.6 Å². The maximum atomic E-state index is 11.0. The van der Waals surface area contributed by atoms with Crippen LogP contribution in [0.15, 0.2) is 48.7 Å². The fourth-order valence-corrected chi connectivity index (χ4v) is 2.07. The number of aldehydes is 1. The zero-order valence-electron chi connectivity index (χ0n) is 11.6. The third kappa shape index (κ3) is 2.86. The Kier molecular flexibility index (Phi) is 3.55. The summed E-state index contributed by atoms with van der Waals surface area (Å²) in [5.74, 6) is 1.52. The van der Waals surface area contributed by atoms with Gasteiger partial charge in [0.1, 0.15) is 5.82 Å². The lowest BCUT2D eigenvalue weighted by Gasteiger charge is -2.05. The molecule has 2 heterocycles. The molecule has 0 saturated carbocycles. The average molecular weight is 278 g/mol. The molecule has 5 heteroatoms. The summed E-state index contributed by atoms with van der Waals surface area (Å²) in [7, 11) is 0. The second-order valence-electron chi connectivity index (χ2n) is 4.77. The van der Waals surface area contributed by atoms with Gasteiger partial charge >= 0.3 is 0 Å². The van der Waals surface area contributed by atoms with Crippen LogP contribution in [-0.4, -0.2) is 26.0 Å². The van der Waals surface area contributed by atoms with Crippen LogP contribution in [0, 0.1) is 6.92 Å². The van der Waals surface area contributed by atoms with E-state index in [0.29, 0.717) is 24.3 Å². The summed E-state index contributed by atoms with van der Waals surface area (Å²) >= 11 is 0. The molecule has 0 aliphatic rings. The molecule has 104 valence electrons. The van der Waals surface area contributed by atoms with Gasteiger partial charge in [-0.05, 0) is 24.1 Å². The summed E-state index contributed by atoms with van der Waals surface area (Å²) in [6, 6.07) is 13.8. The van der Waals surface area contributed by atoms with E-state index in [1.807, 2.05) is 49.4 Å². The van der Waals surface area contributed by atoms with Gasteiger partial charge in [-0.3, -0.25) is 4.79 Å². The molecular weight excluding hydrogens is 264 g/mol. The zero-order valence-corrected chi connectivity index (χ0v) is 11.6. The Hall–Kier alpha value is -2.82. The Balaban J connectivity index is 2.01. The van der Waals surface area contributed by atoms with Crippen LogP contribution in [0.3, 0.4) is 0 Å². The number of carbonyl (C=O) groups excluding carboxylic acids is 1. The Bertz CT molecular complexity index is 748. The minimum atomic E-state index is 0.170. The van der Waals surface area contributed by atoms with Gasteiger partial charge < -0.3 is 0 Å². The highest BCUT2D eigenvalue weighted by molar-refractivity contribution is 5.68. The Morgan fingerprint density at radius 3 is 2.62 bits per heavy atom. The van der Waals surface area contributed by atoms with Crippen LogP contribution in [0.4, 0.5) is 0 Å². The molecule has 0 bridgehead atoms. The standard InChI is InChI=1S/C16H14N4O/c1-12-7-8-15(17-10-12)20-16(18-14(11-21)19-20)9-13-5-3-2-4-6-13/h2-8,10-11H,9H2,1H3. The number of hydrogen-bond donors (Lipinski definition) is 0. The molecule has 3 rings (SSSR count). The topological polar surface area (TPSA) is 60.7 Å². The Morgan fingerprint density at radius 1 is 1.14 bits per heavy atom. The lowest BCUT2D eigenvalue weighted by atomic mass is 10.1. The molecule has 21 heavy (non-hydrogen) atoms. The Morgan fingerprint density at radius 2 is 1.95 bits per heavy atom. The molecule has 5 nitrogen and oxygen atoms in total. The van der Waals surface area contributed by atoms with Crippen LogP contribution in [0.1, 0.15) is 27.6 Å². The average Bonchev–Trinajstić information content (AvgIpc) is 2.92. The predicted molar refractivity (Wildman–Crippen MR) is 78.5 cm³/mol. The second kappa shape index (κ2) is 5.66. The van der Waals surface area contributed by atoms with Crippen molar-refractivity contribution in [3.05, 3.63) is 71.4 Å². The number of aromatic nitrogens is 4. The van der Waals surface area contributed by atoms with Gasteiger partial charge in [-0.2, -0.15) is 4.68 Å².